The van der Waals surface area contributed by atoms with E-state index >= 15 is 0 Å². The van der Waals surface area contributed by atoms with Gasteiger partial charge in [-0.2, -0.15) is 0 Å². The molecule has 1 atom stereocenters. The second kappa shape index (κ2) is 8.06. The van der Waals surface area contributed by atoms with Gasteiger partial charge in [0.2, 0.25) is 0 Å². The minimum absolute atomic E-state index is 0.218. The van der Waals surface area contributed by atoms with Gasteiger partial charge in [0.05, 0.1) is 12.7 Å². The number of terminal acetylenes is 1. The Kier molecular flexibility index (Phi) is 7.71. The van der Waals surface area contributed by atoms with Crippen LogP contribution in [-0.2, 0) is 4.74 Å². The second-order valence-corrected chi connectivity index (χ2v) is 3.34. The first-order chi connectivity index (χ1) is 6.20. The highest BCUT2D eigenvalue weighted by molar-refractivity contribution is 4.83. The van der Waals surface area contributed by atoms with Crippen molar-refractivity contribution < 1.29 is 4.74 Å². The van der Waals surface area contributed by atoms with Crippen LogP contribution >= 0.6 is 0 Å². The van der Waals surface area contributed by atoms with Crippen LogP contribution in [0.25, 0.3) is 0 Å². The molecule has 0 saturated carbocycles. The second-order valence-electron chi connectivity index (χ2n) is 3.34. The quantitative estimate of drug-likeness (QED) is 0.269. The monoisotopic (exact) mass is 184 g/mol. The fourth-order valence-corrected chi connectivity index (χ4v) is 0.974. The van der Waals surface area contributed by atoms with E-state index in [-0.39, 0.29) is 12.1 Å². The normalized spacial score (nSPS) is 12.8. The molecule has 0 bridgehead atoms. The molecular weight excluding hydrogens is 164 g/mol. The zero-order valence-electron chi connectivity index (χ0n) is 8.55. The zero-order chi connectivity index (χ0) is 10.1. The molecule has 3 heteroatoms. The molecule has 0 aromatic heterocycles. The maximum absolute atomic E-state index is 5.43. The summed E-state index contributed by atoms with van der Waals surface area (Å²) in [4.78, 5) is 0. The van der Waals surface area contributed by atoms with Crippen molar-refractivity contribution in [3.8, 4) is 12.3 Å². The smallest absolute Gasteiger partial charge is 0.0636 e. The van der Waals surface area contributed by atoms with Crippen molar-refractivity contribution in [1.82, 2.24) is 5.43 Å². The first kappa shape index (κ1) is 12.4. The molecule has 0 rings (SSSR count). The Hall–Kier alpha value is -0.560. The fourth-order valence-electron chi connectivity index (χ4n) is 0.974. The molecular formula is C10H20N2O. The number of hydrazine groups is 1. The fraction of sp³-hybridized carbons (Fsp3) is 0.800. The van der Waals surface area contributed by atoms with Crippen LogP contribution in [-0.4, -0.2) is 18.8 Å². The van der Waals surface area contributed by atoms with Gasteiger partial charge in [0.1, 0.15) is 0 Å². The van der Waals surface area contributed by atoms with Crippen LogP contribution in [0, 0.1) is 12.3 Å². The lowest BCUT2D eigenvalue weighted by Crippen LogP contribution is -2.39. The van der Waals surface area contributed by atoms with Crippen LogP contribution in [0.3, 0.4) is 0 Å². The summed E-state index contributed by atoms with van der Waals surface area (Å²) in [6.45, 7) is 4.67. The highest BCUT2D eigenvalue weighted by Crippen LogP contribution is 2.01. The molecule has 0 aromatic rings. The van der Waals surface area contributed by atoms with Crippen molar-refractivity contribution in [2.75, 3.05) is 6.61 Å². The van der Waals surface area contributed by atoms with Crippen molar-refractivity contribution in [3.05, 3.63) is 0 Å². The first-order valence-corrected chi connectivity index (χ1v) is 4.72. The molecule has 0 amide bonds. The third kappa shape index (κ3) is 7.79. The minimum atomic E-state index is 0.218. The van der Waals surface area contributed by atoms with E-state index in [2.05, 4.69) is 11.3 Å². The number of unbranched alkanes of at least 4 members (excludes halogenated alkanes) is 1. The molecule has 0 spiro atoms. The Balaban J connectivity index is 3.46. The molecule has 0 saturated heterocycles. The predicted octanol–water partition coefficient (Wildman–Crippen LogP) is 1.05. The van der Waals surface area contributed by atoms with Crippen LogP contribution in [0.2, 0.25) is 0 Å². The van der Waals surface area contributed by atoms with E-state index in [4.69, 9.17) is 17.0 Å². The zero-order valence-corrected chi connectivity index (χ0v) is 8.55. The molecule has 0 fully saturated rings. The summed E-state index contributed by atoms with van der Waals surface area (Å²) in [5, 5.41) is 0. The minimum Gasteiger partial charge on any atom is -0.377 e. The number of hydrogen-bond acceptors (Lipinski definition) is 3. The lowest BCUT2D eigenvalue weighted by Gasteiger charge is -2.16. The summed E-state index contributed by atoms with van der Waals surface area (Å²) in [6, 6.07) is 0.218. The van der Waals surface area contributed by atoms with E-state index in [1.165, 1.54) is 0 Å². The molecule has 0 aliphatic rings. The molecule has 3 N–H and O–H groups in total. The van der Waals surface area contributed by atoms with Gasteiger partial charge in [-0.3, -0.25) is 11.3 Å². The van der Waals surface area contributed by atoms with Gasteiger partial charge in [0.25, 0.3) is 0 Å². The van der Waals surface area contributed by atoms with E-state index in [0.717, 1.165) is 19.3 Å². The van der Waals surface area contributed by atoms with Gasteiger partial charge in [0.15, 0.2) is 0 Å². The van der Waals surface area contributed by atoms with E-state index in [1.807, 2.05) is 13.8 Å². The standard InChI is InChI=1S/C10H20N2O/c1-4-5-6-7-10(12-11)8-13-9(2)3/h1,9-10,12H,5-8,11H2,2-3H3. The Morgan fingerprint density at radius 1 is 1.54 bits per heavy atom. The molecule has 0 aliphatic carbocycles. The van der Waals surface area contributed by atoms with E-state index in [1.54, 1.807) is 0 Å². The lowest BCUT2D eigenvalue weighted by molar-refractivity contribution is 0.0592. The highest BCUT2D eigenvalue weighted by Gasteiger charge is 2.06. The summed E-state index contributed by atoms with van der Waals surface area (Å²) in [6.07, 6.45) is 8.16. The van der Waals surface area contributed by atoms with Crippen molar-refractivity contribution in [2.45, 2.75) is 45.3 Å². The number of rotatable bonds is 7. The molecule has 0 aliphatic heterocycles. The van der Waals surface area contributed by atoms with Gasteiger partial charge < -0.3 is 4.74 Å². The highest BCUT2D eigenvalue weighted by atomic mass is 16.5. The topological polar surface area (TPSA) is 47.3 Å². The maximum Gasteiger partial charge on any atom is 0.0636 e. The Labute approximate surface area is 81.0 Å². The summed E-state index contributed by atoms with van der Waals surface area (Å²) in [5.41, 5.74) is 2.72. The third-order valence-corrected chi connectivity index (χ3v) is 1.74. The van der Waals surface area contributed by atoms with Crippen LogP contribution < -0.4 is 11.3 Å². The van der Waals surface area contributed by atoms with Gasteiger partial charge in [0, 0.05) is 12.5 Å². The summed E-state index contributed by atoms with van der Waals surface area (Å²) in [5.74, 6) is 7.96. The third-order valence-electron chi connectivity index (χ3n) is 1.74. The predicted molar refractivity (Wildman–Crippen MR) is 54.9 cm³/mol. The van der Waals surface area contributed by atoms with Gasteiger partial charge >= 0.3 is 0 Å². The van der Waals surface area contributed by atoms with Gasteiger partial charge in [-0.25, -0.2) is 0 Å². The lowest BCUT2D eigenvalue weighted by atomic mass is 10.1. The van der Waals surface area contributed by atoms with Crippen molar-refractivity contribution in [3.63, 3.8) is 0 Å². The van der Waals surface area contributed by atoms with Gasteiger partial charge in [-0.15, -0.1) is 12.3 Å². The van der Waals surface area contributed by atoms with Crippen molar-refractivity contribution in [1.29, 1.82) is 0 Å². The van der Waals surface area contributed by atoms with Crippen LogP contribution in [0.5, 0.6) is 0 Å². The van der Waals surface area contributed by atoms with Crippen LogP contribution in [0.1, 0.15) is 33.1 Å². The summed E-state index contributed by atoms with van der Waals surface area (Å²) >= 11 is 0. The van der Waals surface area contributed by atoms with Gasteiger partial charge in [-0.1, -0.05) is 0 Å². The van der Waals surface area contributed by atoms with Crippen molar-refractivity contribution >= 4 is 0 Å². The number of nitrogens with two attached hydrogens (primary N) is 1. The van der Waals surface area contributed by atoms with Crippen LogP contribution in [0.4, 0.5) is 0 Å². The SMILES string of the molecule is C#CCCCC(COC(C)C)NN. The van der Waals surface area contributed by atoms with E-state index in [0.29, 0.717) is 6.61 Å². The summed E-state index contributed by atoms with van der Waals surface area (Å²) in [7, 11) is 0. The molecule has 0 aromatic carbocycles. The first-order valence-electron chi connectivity index (χ1n) is 4.72. The number of ether oxygens (including phenoxy) is 1. The molecule has 0 radical (unpaired) electrons. The Morgan fingerprint density at radius 3 is 2.69 bits per heavy atom. The van der Waals surface area contributed by atoms with E-state index < -0.39 is 0 Å². The molecule has 13 heavy (non-hydrogen) atoms. The average Bonchev–Trinajstić information content (AvgIpc) is 2.10. The molecule has 3 nitrogen and oxygen atoms in total. The maximum atomic E-state index is 5.43. The van der Waals surface area contributed by atoms with Crippen molar-refractivity contribution in [2.24, 2.45) is 5.84 Å². The average molecular weight is 184 g/mol. The number of hydrogen-bond donors (Lipinski definition) is 2. The summed E-state index contributed by atoms with van der Waals surface area (Å²) < 4.78 is 5.43. The number of nitrogens with one attached hydrogen (secondary N) is 1. The van der Waals surface area contributed by atoms with Gasteiger partial charge in [-0.05, 0) is 26.7 Å². The molecule has 76 valence electrons. The van der Waals surface area contributed by atoms with E-state index in [9.17, 15) is 0 Å². The largest absolute Gasteiger partial charge is 0.377 e. The Bertz CT molecular complexity index is 151. The van der Waals surface area contributed by atoms with Crippen LogP contribution in [0.15, 0.2) is 0 Å². The Morgan fingerprint density at radius 2 is 2.23 bits per heavy atom. The molecule has 0 heterocycles. The molecule has 1 unspecified atom stereocenters.